The molecule has 144 valence electrons. The van der Waals surface area contributed by atoms with Crippen LogP contribution in [0, 0.1) is 5.41 Å². The first-order chi connectivity index (χ1) is 12.5. The highest BCUT2D eigenvalue weighted by Crippen LogP contribution is 2.43. The number of guanidine groups is 1. The van der Waals surface area contributed by atoms with Gasteiger partial charge in [0, 0.05) is 26.7 Å². The molecule has 0 aromatic heterocycles. The normalized spacial score (nSPS) is 20.5. The van der Waals surface area contributed by atoms with E-state index < -0.39 is 9.84 Å². The highest BCUT2D eigenvalue weighted by Gasteiger charge is 2.39. The fourth-order valence-corrected chi connectivity index (χ4v) is 5.63. The van der Waals surface area contributed by atoms with E-state index >= 15 is 0 Å². The fourth-order valence-electron chi connectivity index (χ4n) is 4.38. The van der Waals surface area contributed by atoms with Gasteiger partial charge in [-0.05, 0) is 30.2 Å². The van der Waals surface area contributed by atoms with Gasteiger partial charge in [-0.3, -0.25) is 4.99 Å². The van der Waals surface area contributed by atoms with Crippen molar-refractivity contribution in [2.75, 3.05) is 32.4 Å². The molecule has 2 fully saturated rings. The minimum atomic E-state index is -3.13. The van der Waals surface area contributed by atoms with Crippen LogP contribution in [0.5, 0.6) is 0 Å². The predicted molar refractivity (Wildman–Crippen MR) is 107 cm³/mol. The van der Waals surface area contributed by atoms with Gasteiger partial charge in [-0.2, -0.15) is 0 Å². The standard InChI is InChI=1S/C20H31N3O2S/c1-21-19(23-14-12-20(17-23)10-6-3-7-11-20)22-13-15-26(24,25)16-18-8-4-2-5-9-18/h2,4-5,8-9H,3,6-7,10-17H2,1H3,(H,21,22). The number of sulfone groups is 1. The molecule has 1 aromatic rings. The van der Waals surface area contributed by atoms with Crippen molar-refractivity contribution in [3.63, 3.8) is 0 Å². The van der Waals surface area contributed by atoms with Crippen LogP contribution in [0.2, 0.25) is 0 Å². The molecule has 3 rings (SSSR count). The maximum Gasteiger partial charge on any atom is 0.193 e. The summed E-state index contributed by atoms with van der Waals surface area (Å²) in [5.74, 6) is 1.07. The smallest absolute Gasteiger partial charge is 0.193 e. The molecule has 1 saturated carbocycles. The van der Waals surface area contributed by atoms with Crippen LogP contribution in [0.25, 0.3) is 0 Å². The van der Waals surface area contributed by atoms with Crippen LogP contribution in [0.15, 0.2) is 35.3 Å². The first-order valence-electron chi connectivity index (χ1n) is 9.72. The molecular formula is C20H31N3O2S. The van der Waals surface area contributed by atoms with Gasteiger partial charge in [0.1, 0.15) is 0 Å². The van der Waals surface area contributed by atoms with Crippen LogP contribution in [-0.4, -0.2) is 51.7 Å². The van der Waals surface area contributed by atoms with Crippen molar-refractivity contribution in [1.29, 1.82) is 0 Å². The third kappa shape index (κ3) is 5.00. The van der Waals surface area contributed by atoms with E-state index in [4.69, 9.17) is 0 Å². The molecule has 0 atom stereocenters. The number of rotatable bonds is 5. The van der Waals surface area contributed by atoms with Crippen molar-refractivity contribution >= 4 is 15.8 Å². The number of benzene rings is 1. The summed E-state index contributed by atoms with van der Waals surface area (Å²) in [5.41, 5.74) is 1.31. The minimum absolute atomic E-state index is 0.0982. The number of nitrogens with one attached hydrogen (secondary N) is 1. The van der Waals surface area contributed by atoms with Crippen LogP contribution in [-0.2, 0) is 15.6 Å². The summed E-state index contributed by atoms with van der Waals surface area (Å²) in [6.45, 7) is 2.49. The molecular weight excluding hydrogens is 346 g/mol. The molecule has 2 aliphatic rings. The van der Waals surface area contributed by atoms with Crippen molar-refractivity contribution in [2.45, 2.75) is 44.3 Å². The number of nitrogens with zero attached hydrogens (tertiary/aromatic N) is 2. The van der Waals surface area contributed by atoms with Gasteiger partial charge >= 0.3 is 0 Å². The zero-order valence-electron chi connectivity index (χ0n) is 15.8. The highest BCUT2D eigenvalue weighted by molar-refractivity contribution is 7.90. The maximum absolute atomic E-state index is 12.3. The van der Waals surface area contributed by atoms with Gasteiger partial charge in [0.25, 0.3) is 0 Å². The van der Waals surface area contributed by atoms with Crippen LogP contribution in [0.3, 0.4) is 0 Å². The van der Waals surface area contributed by atoms with Gasteiger partial charge in [-0.25, -0.2) is 8.42 Å². The zero-order chi connectivity index (χ0) is 18.5. The predicted octanol–water partition coefficient (Wildman–Crippen LogP) is 2.83. The molecule has 0 unspecified atom stereocenters. The largest absolute Gasteiger partial charge is 0.355 e. The summed E-state index contributed by atoms with van der Waals surface area (Å²) in [6, 6.07) is 9.37. The summed E-state index contributed by atoms with van der Waals surface area (Å²) in [6.07, 6.45) is 7.95. The lowest BCUT2D eigenvalue weighted by molar-refractivity contribution is 0.203. The lowest BCUT2D eigenvalue weighted by Crippen LogP contribution is -2.43. The van der Waals surface area contributed by atoms with Gasteiger partial charge in [0.05, 0.1) is 11.5 Å². The molecule has 1 heterocycles. The van der Waals surface area contributed by atoms with Gasteiger partial charge in [0.15, 0.2) is 15.8 Å². The Morgan fingerprint density at radius 3 is 2.58 bits per heavy atom. The molecule has 5 nitrogen and oxygen atoms in total. The summed E-state index contributed by atoms with van der Waals surface area (Å²) >= 11 is 0. The van der Waals surface area contributed by atoms with E-state index in [1.54, 1.807) is 7.05 Å². The number of hydrogen-bond donors (Lipinski definition) is 1. The molecule has 1 N–H and O–H groups in total. The molecule has 1 aliphatic carbocycles. The zero-order valence-corrected chi connectivity index (χ0v) is 16.6. The van der Waals surface area contributed by atoms with Crippen molar-refractivity contribution in [1.82, 2.24) is 10.2 Å². The van der Waals surface area contributed by atoms with E-state index in [1.807, 2.05) is 30.3 Å². The van der Waals surface area contributed by atoms with Crippen LogP contribution >= 0.6 is 0 Å². The van der Waals surface area contributed by atoms with E-state index in [9.17, 15) is 8.42 Å². The molecule has 1 saturated heterocycles. The Morgan fingerprint density at radius 2 is 1.88 bits per heavy atom. The first-order valence-corrected chi connectivity index (χ1v) is 11.5. The molecule has 0 bridgehead atoms. The van der Waals surface area contributed by atoms with Crippen LogP contribution < -0.4 is 5.32 Å². The van der Waals surface area contributed by atoms with Crippen LogP contribution in [0.1, 0.15) is 44.1 Å². The Balaban J connectivity index is 1.49. The Morgan fingerprint density at radius 1 is 1.15 bits per heavy atom. The second-order valence-corrected chi connectivity index (χ2v) is 9.97. The topological polar surface area (TPSA) is 61.8 Å². The van der Waals surface area contributed by atoms with E-state index in [0.717, 1.165) is 24.6 Å². The molecule has 1 aliphatic heterocycles. The molecule has 26 heavy (non-hydrogen) atoms. The number of likely N-dealkylation sites (tertiary alicyclic amines) is 1. The maximum atomic E-state index is 12.3. The Bertz CT molecular complexity index is 710. The average Bonchev–Trinajstić information content (AvgIpc) is 3.03. The molecule has 1 aromatic carbocycles. The minimum Gasteiger partial charge on any atom is -0.355 e. The highest BCUT2D eigenvalue weighted by atomic mass is 32.2. The average molecular weight is 378 g/mol. The van der Waals surface area contributed by atoms with Gasteiger partial charge in [0.2, 0.25) is 0 Å². The first kappa shape index (κ1) is 19.2. The Labute approximate surface area is 157 Å². The SMILES string of the molecule is CN=C(NCCS(=O)(=O)Cc1ccccc1)N1CCC2(CCCCC2)C1. The summed E-state index contributed by atoms with van der Waals surface area (Å²) in [5, 5.41) is 3.27. The number of hydrogen-bond acceptors (Lipinski definition) is 3. The van der Waals surface area contributed by atoms with E-state index in [-0.39, 0.29) is 11.5 Å². The quantitative estimate of drug-likeness (QED) is 0.633. The van der Waals surface area contributed by atoms with E-state index in [2.05, 4.69) is 15.2 Å². The summed E-state index contributed by atoms with van der Waals surface area (Å²) in [7, 11) is -1.34. The van der Waals surface area contributed by atoms with Gasteiger partial charge in [-0.1, -0.05) is 49.6 Å². The molecule has 1 spiro atoms. The Hall–Kier alpha value is -1.56. The van der Waals surface area contributed by atoms with Crippen molar-refractivity contribution in [3.05, 3.63) is 35.9 Å². The lowest BCUT2D eigenvalue weighted by atomic mass is 9.73. The van der Waals surface area contributed by atoms with Crippen LogP contribution in [0.4, 0.5) is 0 Å². The third-order valence-electron chi connectivity index (χ3n) is 5.79. The summed E-state index contributed by atoms with van der Waals surface area (Å²) in [4.78, 5) is 6.70. The third-order valence-corrected chi connectivity index (χ3v) is 7.39. The second-order valence-electron chi connectivity index (χ2n) is 7.78. The number of aliphatic imine (C=N–C) groups is 1. The van der Waals surface area contributed by atoms with E-state index in [1.165, 1.54) is 38.5 Å². The Kier molecular flexibility index (Phi) is 6.22. The second kappa shape index (κ2) is 8.42. The van der Waals surface area contributed by atoms with Gasteiger partial charge < -0.3 is 10.2 Å². The molecule has 0 amide bonds. The molecule has 6 heteroatoms. The fraction of sp³-hybridized carbons (Fsp3) is 0.650. The lowest BCUT2D eigenvalue weighted by Gasteiger charge is -2.33. The van der Waals surface area contributed by atoms with Crippen molar-refractivity contribution < 1.29 is 8.42 Å². The summed E-state index contributed by atoms with van der Waals surface area (Å²) < 4.78 is 24.7. The van der Waals surface area contributed by atoms with Crippen molar-refractivity contribution in [3.8, 4) is 0 Å². The van der Waals surface area contributed by atoms with Gasteiger partial charge in [-0.15, -0.1) is 0 Å². The van der Waals surface area contributed by atoms with E-state index in [0.29, 0.717) is 12.0 Å². The monoisotopic (exact) mass is 377 g/mol. The molecule has 0 radical (unpaired) electrons. The van der Waals surface area contributed by atoms with Crippen molar-refractivity contribution in [2.24, 2.45) is 10.4 Å².